The maximum atomic E-state index is 12.7. The molecule has 0 bridgehead atoms. The lowest BCUT2D eigenvalue weighted by atomic mass is 9.99. The maximum Gasteiger partial charge on any atom is 0.123 e. The normalized spacial score (nSPS) is 18.3. The van der Waals surface area contributed by atoms with Gasteiger partial charge in [-0.1, -0.05) is 6.92 Å². The molecule has 0 aromatic heterocycles. The molecule has 1 saturated heterocycles. The van der Waals surface area contributed by atoms with Crippen LogP contribution in [0.3, 0.4) is 0 Å². The average Bonchev–Trinajstić information content (AvgIpc) is 2.51. The molecule has 0 saturated carbocycles. The number of rotatable bonds is 8. The molecular formula is C17H26FNO3. The fourth-order valence-electron chi connectivity index (χ4n) is 2.56. The third kappa shape index (κ3) is 6.30. The average molecular weight is 311 g/mol. The fourth-order valence-corrected chi connectivity index (χ4v) is 2.56. The smallest absolute Gasteiger partial charge is 0.123 e. The number of ether oxygens (including phenoxy) is 2. The second-order valence-corrected chi connectivity index (χ2v) is 6.01. The van der Waals surface area contributed by atoms with Gasteiger partial charge in [-0.05, 0) is 56.1 Å². The van der Waals surface area contributed by atoms with Gasteiger partial charge in [0.15, 0.2) is 0 Å². The van der Waals surface area contributed by atoms with Crippen LogP contribution in [0, 0.1) is 11.7 Å². The Hall–Kier alpha value is -1.17. The molecule has 1 aliphatic rings. The van der Waals surface area contributed by atoms with E-state index in [1.54, 1.807) is 12.1 Å². The number of hydrogen-bond acceptors (Lipinski definition) is 4. The number of benzene rings is 1. The molecule has 1 aromatic rings. The van der Waals surface area contributed by atoms with Gasteiger partial charge in [-0.2, -0.15) is 0 Å². The van der Waals surface area contributed by atoms with Crippen molar-refractivity contribution in [2.75, 3.05) is 39.5 Å². The van der Waals surface area contributed by atoms with Crippen molar-refractivity contribution >= 4 is 0 Å². The van der Waals surface area contributed by atoms with Gasteiger partial charge in [-0.15, -0.1) is 0 Å². The summed E-state index contributed by atoms with van der Waals surface area (Å²) in [7, 11) is 0. The molecule has 5 heteroatoms. The molecule has 0 radical (unpaired) electrons. The molecule has 1 fully saturated rings. The quantitative estimate of drug-likeness (QED) is 0.748. The molecule has 1 aliphatic heterocycles. The highest BCUT2D eigenvalue weighted by molar-refractivity contribution is 5.21. The van der Waals surface area contributed by atoms with Gasteiger partial charge in [0.1, 0.15) is 18.2 Å². The Morgan fingerprint density at radius 3 is 2.59 bits per heavy atom. The van der Waals surface area contributed by atoms with Crippen LogP contribution in [0.15, 0.2) is 24.3 Å². The minimum absolute atomic E-state index is 0.279. The molecule has 2 rings (SSSR count). The second kappa shape index (κ2) is 9.08. The summed E-state index contributed by atoms with van der Waals surface area (Å²) < 4.78 is 23.6. The van der Waals surface area contributed by atoms with Crippen LogP contribution in [-0.4, -0.2) is 55.6 Å². The summed E-state index contributed by atoms with van der Waals surface area (Å²) in [4.78, 5) is 2.29. The molecule has 0 amide bonds. The van der Waals surface area contributed by atoms with Crippen molar-refractivity contribution in [2.45, 2.75) is 25.9 Å². The van der Waals surface area contributed by atoms with E-state index >= 15 is 0 Å². The van der Waals surface area contributed by atoms with E-state index in [1.807, 2.05) is 0 Å². The van der Waals surface area contributed by atoms with Gasteiger partial charge in [0.2, 0.25) is 0 Å². The summed E-state index contributed by atoms with van der Waals surface area (Å²) >= 11 is 0. The largest absolute Gasteiger partial charge is 0.491 e. The van der Waals surface area contributed by atoms with Crippen LogP contribution >= 0.6 is 0 Å². The molecule has 0 spiro atoms. The van der Waals surface area contributed by atoms with Crippen molar-refractivity contribution in [3.05, 3.63) is 30.1 Å². The van der Waals surface area contributed by atoms with Crippen LogP contribution in [-0.2, 0) is 4.74 Å². The summed E-state index contributed by atoms with van der Waals surface area (Å²) in [5.41, 5.74) is 0. The predicted octanol–water partition coefficient (Wildman–Crippen LogP) is 2.31. The van der Waals surface area contributed by atoms with Crippen molar-refractivity contribution in [3.63, 3.8) is 0 Å². The molecule has 22 heavy (non-hydrogen) atoms. The van der Waals surface area contributed by atoms with E-state index in [4.69, 9.17) is 9.47 Å². The number of nitrogens with zero attached hydrogens (tertiary/aromatic N) is 1. The first-order valence-electron chi connectivity index (χ1n) is 8.00. The van der Waals surface area contributed by atoms with E-state index in [2.05, 4.69) is 11.8 Å². The summed E-state index contributed by atoms with van der Waals surface area (Å²) in [6.45, 7) is 6.19. The van der Waals surface area contributed by atoms with Crippen LogP contribution in [0.2, 0.25) is 0 Å². The second-order valence-electron chi connectivity index (χ2n) is 6.01. The topological polar surface area (TPSA) is 41.9 Å². The van der Waals surface area contributed by atoms with E-state index in [1.165, 1.54) is 25.0 Å². The van der Waals surface area contributed by atoms with Crippen LogP contribution in [0.5, 0.6) is 5.75 Å². The van der Waals surface area contributed by atoms with E-state index in [-0.39, 0.29) is 5.82 Å². The van der Waals surface area contributed by atoms with Crippen molar-refractivity contribution < 1.29 is 19.0 Å². The van der Waals surface area contributed by atoms with E-state index in [0.29, 0.717) is 32.1 Å². The minimum atomic E-state index is -0.459. The maximum absolute atomic E-state index is 12.7. The monoisotopic (exact) mass is 311 g/mol. The van der Waals surface area contributed by atoms with Gasteiger partial charge in [0.25, 0.3) is 0 Å². The molecule has 0 aliphatic carbocycles. The molecule has 0 unspecified atom stereocenters. The lowest BCUT2D eigenvalue weighted by molar-refractivity contribution is 0.00333. The molecule has 124 valence electrons. The standard InChI is InChI=1S/C17H26FNO3/c1-14-6-8-19(9-7-14)12-16(20)13-21-10-11-22-17-4-2-15(18)3-5-17/h2-5,14,16,20H,6-13H2,1H3/t16-/m1/s1. The van der Waals surface area contributed by atoms with Crippen molar-refractivity contribution in [3.8, 4) is 5.75 Å². The number of likely N-dealkylation sites (tertiary alicyclic amines) is 1. The molecule has 1 aromatic carbocycles. The van der Waals surface area contributed by atoms with Gasteiger partial charge >= 0.3 is 0 Å². The van der Waals surface area contributed by atoms with Crippen LogP contribution < -0.4 is 4.74 Å². The van der Waals surface area contributed by atoms with E-state index in [0.717, 1.165) is 19.0 Å². The van der Waals surface area contributed by atoms with Gasteiger partial charge < -0.3 is 19.5 Å². The zero-order chi connectivity index (χ0) is 15.8. The number of halogens is 1. The zero-order valence-corrected chi connectivity index (χ0v) is 13.2. The first kappa shape index (κ1) is 17.2. The molecule has 4 nitrogen and oxygen atoms in total. The zero-order valence-electron chi connectivity index (χ0n) is 13.2. The fraction of sp³-hybridized carbons (Fsp3) is 0.647. The third-order valence-corrected chi connectivity index (χ3v) is 3.97. The lowest BCUT2D eigenvalue weighted by Crippen LogP contribution is -2.40. The third-order valence-electron chi connectivity index (χ3n) is 3.97. The highest BCUT2D eigenvalue weighted by Crippen LogP contribution is 2.16. The summed E-state index contributed by atoms with van der Waals surface area (Å²) in [6, 6.07) is 5.89. The molecule has 1 atom stereocenters. The van der Waals surface area contributed by atoms with Crippen LogP contribution in [0.25, 0.3) is 0 Å². The molecule has 1 N–H and O–H groups in total. The number of hydrogen-bond donors (Lipinski definition) is 1. The van der Waals surface area contributed by atoms with Gasteiger partial charge in [0.05, 0.1) is 19.3 Å². The number of aliphatic hydroxyl groups excluding tert-OH is 1. The number of aliphatic hydroxyl groups is 1. The number of piperidine rings is 1. The van der Waals surface area contributed by atoms with E-state index < -0.39 is 6.10 Å². The van der Waals surface area contributed by atoms with Crippen LogP contribution in [0.4, 0.5) is 4.39 Å². The first-order valence-corrected chi connectivity index (χ1v) is 8.00. The van der Waals surface area contributed by atoms with Crippen molar-refractivity contribution in [1.82, 2.24) is 4.90 Å². The Kier molecular flexibility index (Phi) is 7.09. The Morgan fingerprint density at radius 2 is 1.91 bits per heavy atom. The van der Waals surface area contributed by atoms with Gasteiger partial charge in [-0.25, -0.2) is 4.39 Å². The highest BCUT2D eigenvalue weighted by atomic mass is 19.1. The van der Waals surface area contributed by atoms with Gasteiger partial charge in [0, 0.05) is 6.54 Å². The summed E-state index contributed by atoms with van der Waals surface area (Å²) in [5.74, 6) is 1.14. The van der Waals surface area contributed by atoms with E-state index in [9.17, 15) is 9.50 Å². The Bertz CT molecular complexity index is 418. The SMILES string of the molecule is CC1CCN(C[C@@H](O)COCCOc2ccc(F)cc2)CC1. The minimum Gasteiger partial charge on any atom is -0.491 e. The molecular weight excluding hydrogens is 285 g/mol. The van der Waals surface area contributed by atoms with Crippen molar-refractivity contribution in [1.29, 1.82) is 0 Å². The first-order chi connectivity index (χ1) is 10.6. The Balaban J connectivity index is 1.51. The summed E-state index contributed by atoms with van der Waals surface area (Å²) in [6.07, 6.45) is 1.96. The Morgan fingerprint density at radius 1 is 1.23 bits per heavy atom. The highest BCUT2D eigenvalue weighted by Gasteiger charge is 2.18. The predicted molar refractivity (Wildman–Crippen MR) is 83.6 cm³/mol. The van der Waals surface area contributed by atoms with Gasteiger partial charge in [-0.3, -0.25) is 0 Å². The summed E-state index contributed by atoms with van der Waals surface area (Å²) in [5, 5.41) is 9.97. The lowest BCUT2D eigenvalue weighted by Gasteiger charge is -2.31. The van der Waals surface area contributed by atoms with Crippen molar-refractivity contribution in [2.24, 2.45) is 5.92 Å². The Labute approximate surface area is 131 Å². The molecule has 1 heterocycles. The number of β-amino-alcohol motifs (C(OH)–C–C–N with tert-alkyl or cyclic N) is 1. The van der Waals surface area contributed by atoms with Crippen LogP contribution in [0.1, 0.15) is 19.8 Å².